The van der Waals surface area contributed by atoms with Gasteiger partial charge < -0.3 is 10.6 Å². The summed E-state index contributed by atoms with van der Waals surface area (Å²) in [6.45, 7) is 4.09. The SMILES string of the molecule is CC1CNCCC1NC(=O)c1ccc(-n2cnc3ccccc32)cc1.Cl.Cl. The molecule has 2 atom stereocenters. The van der Waals surface area contributed by atoms with E-state index in [2.05, 4.69) is 22.5 Å². The highest BCUT2D eigenvalue weighted by atomic mass is 35.5. The Morgan fingerprint density at radius 1 is 1.15 bits per heavy atom. The number of hydrogen-bond acceptors (Lipinski definition) is 3. The van der Waals surface area contributed by atoms with Crippen LogP contribution in [0.2, 0.25) is 0 Å². The molecule has 1 fully saturated rings. The van der Waals surface area contributed by atoms with Gasteiger partial charge in [-0.15, -0.1) is 24.8 Å². The molecule has 0 spiro atoms. The minimum Gasteiger partial charge on any atom is -0.349 e. The Balaban J connectivity index is 0.00000131. The van der Waals surface area contributed by atoms with E-state index in [0.717, 1.165) is 36.2 Å². The summed E-state index contributed by atoms with van der Waals surface area (Å²) >= 11 is 0. The Hall–Kier alpha value is -2.08. The number of imidazole rings is 1. The number of carbonyl (C=O) groups excluding carboxylic acids is 1. The first-order valence-electron chi connectivity index (χ1n) is 8.76. The van der Waals surface area contributed by atoms with E-state index in [-0.39, 0.29) is 36.8 Å². The molecule has 2 aromatic carbocycles. The van der Waals surface area contributed by atoms with Crippen molar-refractivity contribution in [2.24, 2.45) is 5.92 Å². The number of carbonyl (C=O) groups is 1. The molecule has 2 heterocycles. The molecule has 1 aliphatic rings. The van der Waals surface area contributed by atoms with E-state index >= 15 is 0 Å². The van der Waals surface area contributed by atoms with E-state index < -0.39 is 0 Å². The minimum atomic E-state index is 0. The predicted molar refractivity (Wildman–Crippen MR) is 113 cm³/mol. The summed E-state index contributed by atoms with van der Waals surface area (Å²) in [6, 6.07) is 16.0. The van der Waals surface area contributed by atoms with Gasteiger partial charge >= 0.3 is 0 Å². The largest absolute Gasteiger partial charge is 0.349 e. The molecule has 1 saturated heterocycles. The average Bonchev–Trinajstić information content (AvgIpc) is 3.08. The lowest BCUT2D eigenvalue weighted by Gasteiger charge is -2.30. The number of halogens is 2. The molecule has 0 saturated carbocycles. The van der Waals surface area contributed by atoms with Crippen LogP contribution in [0.15, 0.2) is 54.9 Å². The number of fused-ring (bicyclic) bond motifs is 1. The molecule has 4 rings (SSSR count). The van der Waals surface area contributed by atoms with Gasteiger partial charge in [0.05, 0.1) is 11.0 Å². The van der Waals surface area contributed by atoms with Gasteiger partial charge in [0.2, 0.25) is 0 Å². The van der Waals surface area contributed by atoms with Crippen LogP contribution in [0, 0.1) is 5.92 Å². The number of rotatable bonds is 3. The lowest BCUT2D eigenvalue weighted by molar-refractivity contribution is 0.0914. The molecule has 7 heteroatoms. The first-order valence-corrected chi connectivity index (χ1v) is 8.76. The number of aromatic nitrogens is 2. The summed E-state index contributed by atoms with van der Waals surface area (Å²) in [5, 5.41) is 6.53. The maximum atomic E-state index is 12.5. The second kappa shape index (κ2) is 9.22. The van der Waals surface area contributed by atoms with Gasteiger partial charge in [0, 0.05) is 17.3 Å². The van der Waals surface area contributed by atoms with Crippen molar-refractivity contribution in [3.63, 3.8) is 0 Å². The number of amides is 1. The molecule has 2 unspecified atom stereocenters. The van der Waals surface area contributed by atoms with E-state index in [9.17, 15) is 4.79 Å². The second-order valence-corrected chi connectivity index (χ2v) is 6.70. The Labute approximate surface area is 171 Å². The molecule has 2 N–H and O–H groups in total. The zero-order valence-corrected chi connectivity index (χ0v) is 16.7. The van der Waals surface area contributed by atoms with Crippen LogP contribution in [0.1, 0.15) is 23.7 Å². The third-order valence-electron chi connectivity index (χ3n) is 4.96. The van der Waals surface area contributed by atoms with Gasteiger partial charge in [0.1, 0.15) is 6.33 Å². The summed E-state index contributed by atoms with van der Waals surface area (Å²) < 4.78 is 2.03. The van der Waals surface area contributed by atoms with Gasteiger partial charge in [-0.3, -0.25) is 9.36 Å². The zero-order chi connectivity index (χ0) is 17.2. The lowest BCUT2D eigenvalue weighted by Crippen LogP contribution is -2.48. The topological polar surface area (TPSA) is 58.9 Å². The van der Waals surface area contributed by atoms with Crippen LogP contribution in [0.4, 0.5) is 0 Å². The van der Waals surface area contributed by atoms with E-state index in [0.29, 0.717) is 11.5 Å². The van der Waals surface area contributed by atoms with Crippen LogP contribution < -0.4 is 10.6 Å². The van der Waals surface area contributed by atoms with Gasteiger partial charge in [-0.05, 0) is 61.8 Å². The van der Waals surface area contributed by atoms with Crippen molar-refractivity contribution in [1.82, 2.24) is 20.2 Å². The standard InChI is InChI=1S/C20H22N4O.2ClH/c1-14-12-21-11-10-17(14)23-20(25)15-6-8-16(9-7-15)24-13-22-18-4-2-3-5-19(18)24;;/h2-9,13-14,17,21H,10-12H2,1H3,(H,23,25);2*1H. The lowest BCUT2D eigenvalue weighted by atomic mass is 9.95. The van der Waals surface area contributed by atoms with Crippen molar-refractivity contribution in [3.8, 4) is 5.69 Å². The van der Waals surface area contributed by atoms with E-state index in [1.54, 1.807) is 0 Å². The van der Waals surface area contributed by atoms with Crippen LogP contribution in [0.3, 0.4) is 0 Å². The summed E-state index contributed by atoms with van der Waals surface area (Å²) in [7, 11) is 0. The number of nitrogens with zero attached hydrogens (tertiary/aromatic N) is 2. The van der Waals surface area contributed by atoms with Crippen LogP contribution in [0.25, 0.3) is 16.7 Å². The van der Waals surface area contributed by atoms with Gasteiger partial charge in [-0.1, -0.05) is 19.1 Å². The first-order chi connectivity index (χ1) is 12.2. The van der Waals surface area contributed by atoms with Crippen molar-refractivity contribution in [3.05, 3.63) is 60.4 Å². The van der Waals surface area contributed by atoms with Gasteiger partial charge in [0.15, 0.2) is 0 Å². The summed E-state index contributed by atoms with van der Waals surface area (Å²) in [6.07, 6.45) is 2.79. The molecule has 5 nitrogen and oxygen atoms in total. The van der Waals surface area contributed by atoms with Crippen LogP contribution in [0.5, 0.6) is 0 Å². The molecule has 0 aliphatic carbocycles. The first kappa shape index (κ1) is 21.2. The second-order valence-electron chi connectivity index (χ2n) is 6.70. The van der Waals surface area contributed by atoms with Crippen LogP contribution >= 0.6 is 24.8 Å². The van der Waals surface area contributed by atoms with Crippen LogP contribution in [-0.4, -0.2) is 34.6 Å². The van der Waals surface area contributed by atoms with Crippen molar-refractivity contribution >= 4 is 41.8 Å². The Morgan fingerprint density at radius 2 is 1.89 bits per heavy atom. The number of piperidine rings is 1. The van der Waals surface area contributed by atoms with Gasteiger partial charge in [0.25, 0.3) is 5.91 Å². The van der Waals surface area contributed by atoms with Crippen LogP contribution in [-0.2, 0) is 0 Å². The average molecular weight is 407 g/mol. The van der Waals surface area contributed by atoms with Crippen molar-refractivity contribution in [2.75, 3.05) is 13.1 Å². The molecule has 1 aliphatic heterocycles. The Kier molecular flexibility index (Phi) is 7.25. The molecule has 1 amide bonds. The molecule has 144 valence electrons. The highest BCUT2D eigenvalue weighted by Gasteiger charge is 2.23. The monoisotopic (exact) mass is 406 g/mol. The van der Waals surface area contributed by atoms with E-state index in [1.807, 2.05) is 59.4 Å². The maximum absolute atomic E-state index is 12.5. The molecular weight excluding hydrogens is 383 g/mol. The van der Waals surface area contributed by atoms with E-state index in [1.165, 1.54) is 0 Å². The summed E-state index contributed by atoms with van der Waals surface area (Å²) in [5.74, 6) is 0.454. The molecule has 1 aromatic heterocycles. The van der Waals surface area contributed by atoms with Crippen molar-refractivity contribution in [1.29, 1.82) is 0 Å². The Morgan fingerprint density at radius 3 is 2.63 bits per heavy atom. The quantitative estimate of drug-likeness (QED) is 0.698. The minimum absolute atomic E-state index is 0. The third-order valence-corrected chi connectivity index (χ3v) is 4.96. The summed E-state index contributed by atoms with van der Waals surface area (Å²) in [4.78, 5) is 16.9. The zero-order valence-electron chi connectivity index (χ0n) is 15.1. The smallest absolute Gasteiger partial charge is 0.251 e. The van der Waals surface area contributed by atoms with Crippen molar-refractivity contribution in [2.45, 2.75) is 19.4 Å². The Bertz CT molecular complexity index is 894. The predicted octanol–water partition coefficient (Wildman–Crippen LogP) is 3.60. The molecule has 3 aromatic rings. The number of hydrogen-bond donors (Lipinski definition) is 2. The number of nitrogens with one attached hydrogen (secondary N) is 2. The number of benzene rings is 2. The van der Waals surface area contributed by atoms with Crippen molar-refractivity contribution < 1.29 is 4.79 Å². The molecule has 27 heavy (non-hydrogen) atoms. The normalized spacial score (nSPS) is 19.0. The highest BCUT2D eigenvalue weighted by Crippen LogP contribution is 2.18. The van der Waals surface area contributed by atoms with Gasteiger partial charge in [-0.25, -0.2) is 4.98 Å². The van der Waals surface area contributed by atoms with E-state index in [4.69, 9.17) is 0 Å². The fourth-order valence-corrected chi connectivity index (χ4v) is 3.42. The molecule has 0 bridgehead atoms. The van der Waals surface area contributed by atoms with Gasteiger partial charge in [-0.2, -0.15) is 0 Å². The third kappa shape index (κ3) is 4.43. The highest BCUT2D eigenvalue weighted by molar-refractivity contribution is 5.94. The maximum Gasteiger partial charge on any atom is 0.251 e. The molecular formula is C20H24Cl2N4O. The fourth-order valence-electron chi connectivity index (χ4n) is 3.42. The molecule has 0 radical (unpaired) electrons. The number of para-hydroxylation sites is 2. The summed E-state index contributed by atoms with van der Waals surface area (Å²) in [5.41, 5.74) is 3.71. The fraction of sp³-hybridized carbons (Fsp3) is 0.300.